The van der Waals surface area contributed by atoms with Gasteiger partial charge in [0.15, 0.2) is 81.2 Å². The smallest absolute Gasteiger partial charge is 0.333 e. The lowest BCUT2D eigenvalue weighted by Gasteiger charge is -2.50. The number of carboxylic acids is 1. The number of hydrazine groups is 2. The van der Waals surface area contributed by atoms with Gasteiger partial charge >= 0.3 is 18.0 Å². The van der Waals surface area contributed by atoms with Crippen molar-refractivity contribution in [2.45, 2.75) is 336 Å². The fraction of sp³-hybridized carbons (Fsp3) is 0.865. The number of aldehydes is 1. The van der Waals surface area contributed by atoms with Crippen molar-refractivity contribution < 1.29 is 255 Å². The third-order valence-electron chi connectivity index (χ3n) is 24.1. The van der Waals surface area contributed by atoms with E-state index >= 15 is 0 Å². The van der Waals surface area contributed by atoms with Crippen LogP contribution in [0.2, 0.25) is 0 Å². The molecule has 0 saturated carbocycles. The quantitative estimate of drug-likeness (QED) is 0.0220. The summed E-state index contributed by atoms with van der Waals surface area (Å²) in [5, 5.41) is 270. The Morgan fingerprint density at radius 3 is 0.853 bits per heavy atom. The Labute approximate surface area is 768 Å². The van der Waals surface area contributed by atoms with Crippen molar-refractivity contribution in [2.75, 3.05) is 53.7 Å². The van der Waals surface area contributed by atoms with Crippen LogP contribution in [0.3, 0.4) is 0 Å². The Morgan fingerprint density at radius 1 is 0.287 bits per heavy atom. The summed E-state index contributed by atoms with van der Waals surface area (Å²) in [4.78, 5) is 132. The fourth-order valence-electron chi connectivity index (χ4n) is 16.7. The number of urea groups is 2. The first-order chi connectivity index (χ1) is 64.2. The van der Waals surface area contributed by atoms with Gasteiger partial charge in [-0.15, -0.1) is 0 Å². The summed E-state index contributed by atoms with van der Waals surface area (Å²) in [6.45, 7) is 0.289. The molecule has 50 atom stereocenters. The van der Waals surface area contributed by atoms with Crippen LogP contribution in [0.25, 0.3) is 0 Å². The van der Waals surface area contributed by atoms with E-state index in [4.69, 9.17) is 90.0 Å². The standard InChI is InChI=1S/C74H120N10O52/c1-16-24(11-85)122-67(45(106)33(16)94)128-54-31(79-20(5)92)65(125-27(14-88)39(54)100)132-56-43(104)49(110)71(129-52-29(77-18(3)90)63(118-7)123-25(12-86)37(52)98)134-58(56)60(112)81-83-73(116)75-9-22-35(96)41(102)47(108)68(120-22)136-69-48(109)42(103)36(97)23(121-69)10-76-74(117)84-82-61(113)59-57(44(105)50(111)72(135-59)130-53-30(78-19(4)91)64(119-8)124-26(13-87)38(53)99)133-66-32(80-21(6)93)55(40(101)28(15-89)126-66)131-70-46(107)34(95)17(2)51(127-70)62(114)115/h11,16-17,22-59,63-72,86-89,94-111H,9-10,12-15H2,1-8H3,(H,77,90)(H,78,91)(H,79,92)(H,80,93)(H,81,112)(H,82,113)(H,114,115)(H2,75,83,116)(H2,76,84,117)/t16-,17+,22?,23?,24?,25?,26?,27?,28?,29?,30?,31?,32?,33+,34+,35-,36-,37-,38-,39-,40-,41+,42+,43-,44-,45?,46?,47?,48?,49+,50?,51?,52-,53-,54-,55-,56+,57+,58?,59?,63-,64-,65+,66+,67+,68-,69-,70+,71?,72-/m1/s1. The number of methoxy groups -OCH3 is 2. The Morgan fingerprint density at radius 2 is 0.551 bits per heavy atom. The summed E-state index contributed by atoms with van der Waals surface area (Å²) in [5.74, 6) is -10.8. The van der Waals surface area contributed by atoms with Crippen molar-refractivity contribution in [3.63, 3.8) is 0 Å². The molecule has 33 N–H and O–H groups in total. The lowest BCUT2D eigenvalue weighted by atomic mass is 9.90. The number of carbonyl (C=O) groups is 10. The number of nitrogens with one attached hydrogen (secondary N) is 10. The molecular weight excluding hydrogens is 1860 g/mol. The van der Waals surface area contributed by atoms with Crippen LogP contribution in [0.4, 0.5) is 9.59 Å². The van der Waals surface area contributed by atoms with E-state index in [1.165, 1.54) is 13.8 Å². The Kier molecular flexibility index (Phi) is 39.6. The molecule has 0 bridgehead atoms. The average molecular weight is 1980 g/mol. The normalized spacial score (nSPS) is 45.5. The monoisotopic (exact) mass is 1980 g/mol. The van der Waals surface area contributed by atoms with Gasteiger partial charge in [0.25, 0.3) is 11.8 Å². The van der Waals surface area contributed by atoms with Crippen LogP contribution in [0.15, 0.2) is 0 Å². The largest absolute Gasteiger partial charge is 0.479 e. The SMILES string of the molecule is CO[C@@H]1OC(CO)[C@@H](O)[C@H](OC2OC(C(=O)NNC(=O)NCC3O[C@H](O[C@H]4OC(CNC(=O)NNC(=O)C5O[C@@H](O[C@@H]6C(NC(C)=O)[C@H](OC)OC(CO)[C@H]6O)C(O)[C@@H](O)[C@@H]5O[C@@H]5OC(CO)[C@@H](O)[C@H](O[C@@H]6OC(C(=O)O)[C@@H](C)[C@H](O)C6O)C5NC(C)=O)[C@@H](O)[C@H](O)C4O)C(O)[C@@H](O)[C@@H]3O)[C@@H](O[C@@H]3OC(CO)[C@@H](O)[C@H](O[C@@H]4OC(C=O)[C@@H](C)[C@H](O)C4O)C3NC(C)=O)[C@H](O)[C@@H]2O)C1NC(C)=O. The van der Waals surface area contributed by atoms with Crippen LogP contribution in [0.5, 0.6) is 0 Å². The van der Waals surface area contributed by atoms with E-state index in [-0.39, 0.29) is 6.29 Å². The maximum Gasteiger partial charge on any atom is 0.333 e. The molecule has 0 aromatic rings. The molecule has 10 aliphatic heterocycles. The van der Waals surface area contributed by atoms with E-state index < -0.39 is 399 Å². The summed E-state index contributed by atoms with van der Waals surface area (Å²) in [7, 11) is 2.17. The second kappa shape index (κ2) is 48.6. The summed E-state index contributed by atoms with van der Waals surface area (Å²) in [5.41, 5.74) is 7.54. The molecule has 778 valence electrons. The zero-order valence-electron chi connectivity index (χ0n) is 73.3. The first-order valence-electron chi connectivity index (χ1n) is 42.5. The fourth-order valence-corrected chi connectivity index (χ4v) is 16.7. The number of amides is 10. The lowest BCUT2D eigenvalue weighted by Crippen LogP contribution is -2.71. The van der Waals surface area contributed by atoms with Crippen LogP contribution < -0.4 is 53.6 Å². The molecule has 0 radical (unpaired) electrons. The molecule has 10 saturated heterocycles. The number of aliphatic hydroxyl groups excluding tert-OH is 22. The molecular formula is C74H120N10O52. The van der Waals surface area contributed by atoms with Crippen LogP contribution in [0.1, 0.15) is 41.5 Å². The van der Waals surface area contributed by atoms with Crippen molar-refractivity contribution in [3.8, 4) is 0 Å². The number of rotatable bonds is 32. The number of aliphatic carboxylic acids is 1. The van der Waals surface area contributed by atoms with Crippen LogP contribution >= 0.6 is 0 Å². The first kappa shape index (κ1) is 111. The second-order valence-corrected chi connectivity index (χ2v) is 33.5. The lowest BCUT2D eigenvalue weighted by molar-refractivity contribution is -0.372. The third-order valence-corrected chi connectivity index (χ3v) is 24.1. The second-order valence-electron chi connectivity index (χ2n) is 33.5. The minimum Gasteiger partial charge on any atom is -0.479 e. The van der Waals surface area contributed by atoms with E-state index in [1.807, 2.05) is 21.7 Å². The van der Waals surface area contributed by atoms with Gasteiger partial charge in [0.1, 0.15) is 207 Å². The molecule has 20 unspecified atom stereocenters. The molecule has 62 heteroatoms. The molecule has 10 heterocycles. The van der Waals surface area contributed by atoms with Crippen LogP contribution in [0, 0.1) is 11.8 Å². The maximum absolute atomic E-state index is 14.7. The highest BCUT2D eigenvalue weighted by molar-refractivity contribution is 5.86. The molecule has 0 aliphatic carbocycles. The van der Waals surface area contributed by atoms with Gasteiger partial charge in [-0.2, -0.15) is 0 Å². The van der Waals surface area contributed by atoms with E-state index in [0.29, 0.717) is 0 Å². The maximum atomic E-state index is 14.7. The Balaban J connectivity index is 0.824. The predicted octanol–water partition coefficient (Wildman–Crippen LogP) is -21.4. The molecule has 10 aliphatic rings. The molecule has 0 spiro atoms. The highest BCUT2D eigenvalue weighted by atomic mass is 16.8. The minimum atomic E-state index is -2.55. The first-order valence-corrected chi connectivity index (χ1v) is 42.5. The molecule has 10 rings (SSSR count). The van der Waals surface area contributed by atoms with Crippen LogP contribution in [-0.2, 0) is 128 Å². The minimum absolute atomic E-state index is 0.267. The van der Waals surface area contributed by atoms with Gasteiger partial charge in [-0.05, 0) is 0 Å². The van der Waals surface area contributed by atoms with Crippen molar-refractivity contribution in [1.29, 1.82) is 0 Å². The highest BCUT2D eigenvalue weighted by Gasteiger charge is 2.62. The van der Waals surface area contributed by atoms with Gasteiger partial charge in [-0.25, -0.2) is 25.2 Å². The molecule has 10 amide bonds. The van der Waals surface area contributed by atoms with Gasteiger partial charge < -0.3 is 244 Å². The number of hydrogen-bond donors (Lipinski definition) is 33. The van der Waals surface area contributed by atoms with Gasteiger partial charge in [0, 0.05) is 66.8 Å². The number of carbonyl (C=O) groups excluding carboxylic acids is 9. The summed E-state index contributed by atoms with van der Waals surface area (Å²) >= 11 is 0. The van der Waals surface area contributed by atoms with Gasteiger partial charge in [-0.3, -0.25) is 39.6 Å². The molecule has 0 aromatic heterocycles. The Hall–Kier alpha value is -7.14. The zero-order valence-corrected chi connectivity index (χ0v) is 73.3. The Bertz CT molecular complexity index is 3940. The predicted molar refractivity (Wildman–Crippen MR) is 419 cm³/mol. The third kappa shape index (κ3) is 25.1. The van der Waals surface area contributed by atoms with Crippen molar-refractivity contribution >= 4 is 59.8 Å². The summed E-state index contributed by atoms with van der Waals surface area (Å²) in [6.07, 6.45) is -92.0. The van der Waals surface area contributed by atoms with Gasteiger partial charge in [-0.1, -0.05) is 13.8 Å². The van der Waals surface area contributed by atoms with Crippen molar-refractivity contribution in [2.24, 2.45) is 11.8 Å². The van der Waals surface area contributed by atoms with E-state index in [0.717, 1.165) is 41.9 Å². The van der Waals surface area contributed by atoms with Crippen molar-refractivity contribution in [1.82, 2.24) is 53.6 Å². The van der Waals surface area contributed by atoms with E-state index in [2.05, 4.69) is 31.9 Å². The molecule has 62 nitrogen and oxygen atoms in total. The van der Waals surface area contributed by atoms with Gasteiger partial charge in [0.05, 0.1) is 38.6 Å². The molecule has 0 aromatic carbocycles. The number of hydrogen-bond acceptors (Lipinski definition) is 51. The van der Waals surface area contributed by atoms with Crippen molar-refractivity contribution in [3.05, 3.63) is 0 Å². The zero-order chi connectivity index (χ0) is 101. The number of ether oxygens (including phenoxy) is 19. The average Bonchev–Trinajstić information content (AvgIpc) is 0.769. The number of aliphatic hydroxyl groups is 22. The van der Waals surface area contributed by atoms with Crippen LogP contribution in [-0.4, -0.2) is 526 Å². The van der Waals surface area contributed by atoms with E-state index in [9.17, 15) is 165 Å². The van der Waals surface area contributed by atoms with E-state index in [1.54, 1.807) is 0 Å². The summed E-state index contributed by atoms with van der Waals surface area (Å²) in [6, 6.07) is -10.0. The topological polar surface area (TPSA) is 932 Å². The molecule has 136 heavy (non-hydrogen) atoms. The molecule has 10 fully saturated rings. The summed E-state index contributed by atoms with van der Waals surface area (Å²) < 4.78 is 109. The highest BCUT2D eigenvalue weighted by Crippen LogP contribution is 2.40. The number of carboxylic acid groups (broad SMARTS) is 1. The van der Waals surface area contributed by atoms with Gasteiger partial charge in [0.2, 0.25) is 23.6 Å².